The second kappa shape index (κ2) is 12.3. The molecule has 3 aliphatic carbocycles. The van der Waals surface area contributed by atoms with Crippen LogP contribution in [-0.4, -0.2) is 92.2 Å². The second-order valence-electron chi connectivity index (χ2n) is 14.1. The third-order valence-electron chi connectivity index (χ3n) is 10.9. The molecule has 8 rings (SSSR count). The highest BCUT2D eigenvalue weighted by molar-refractivity contribution is 5.96. The molecule has 0 atom stereocenters. The number of ether oxygens (including phenoxy) is 2. The van der Waals surface area contributed by atoms with Crippen LogP contribution in [0, 0.1) is 18.3 Å². The molecular weight excluding hydrogens is 642 g/mol. The van der Waals surface area contributed by atoms with Gasteiger partial charge in [-0.15, -0.1) is 15.0 Å². The fourth-order valence-electron chi connectivity index (χ4n) is 8.08. The minimum absolute atomic E-state index is 0.0316. The molecule has 4 aliphatic rings. The van der Waals surface area contributed by atoms with Gasteiger partial charge in [0.2, 0.25) is 28.5 Å². The number of aromatic amines is 1. The summed E-state index contributed by atoms with van der Waals surface area (Å²) in [5.74, 6) is 0.479. The number of H-pyrrole nitrogens is 1. The second-order valence-corrected chi connectivity index (χ2v) is 14.1. The summed E-state index contributed by atoms with van der Waals surface area (Å²) in [6, 6.07) is 3.38. The van der Waals surface area contributed by atoms with Gasteiger partial charge in [0.05, 0.1) is 19.9 Å². The summed E-state index contributed by atoms with van der Waals surface area (Å²) in [5.41, 5.74) is 1.89. The predicted molar refractivity (Wildman–Crippen MR) is 185 cm³/mol. The Balaban J connectivity index is 1.23. The van der Waals surface area contributed by atoms with Gasteiger partial charge < -0.3 is 34.1 Å². The van der Waals surface area contributed by atoms with Crippen molar-refractivity contribution in [3.8, 4) is 17.4 Å². The van der Waals surface area contributed by atoms with Crippen molar-refractivity contribution in [1.82, 2.24) is 39.7 Å². The maximum Gasteiger partial charge on any atom is 0.263 e. The average Bonchev–Trinajstić information content (AvgIpc) is 3.54. The number of fused-ring (bicyclic) bond motifs is 1. The minimum Gasteiger partial charge on any atom is -0.482 e. The Morgan fingerprint density at radius 3 is 2.40 bits per heavy atom. The summed E-state index contributed by atoms with van der Waals surface area (Å²) in [4.78, 5) is 66.6. The van der Waals surface area contributed by atoms with Crippen molar-refractivity contribution in [2.75, 3.05) is 45.3 Å². The molecule has 0 radical (unpaired) electrons. The lowest BCUT2D eigenvalue weighted by Gasteiger charge is -2.72. The molecule has 1 aliphatic heterocycles. The Kier molecular flexibility index (Phi) is 8.18. The van der Waals surface area contributed by atoms with E-state index in [0.29, 0.717) is 65.0 Å². The molecule has 264 valence electrons. The SMILES string of the molecule is CCc1c(N2CCN(C(=O)c3c(OC)[nH]cc(C)c3=O)CC2)c(=O)c2nn(-c3ccnc(OC)c3)nc2n1CC(=O)NC12CC(C(C)C)(C1)C2. The van der Waals surface area contributed by atoms with Crippen LogP contribution in [0.15, 0.2) is 34.1 Å². The fourth-order valence-corrected chi connectivity index (χ4v) is 8.08. The number of methoxy groups -OCH3 is 2. The van der Waals surface area contributed by atoms with E-state index in [1.165, 1.54) is 25.2 Å². The molecule has 2 bridgehead atoms. The van der Waals surface area contributed by atoms with Crippen LogP contribution >= 0.6 is 0 Å². The van der Waals surface area contributed by atoms with E-state index in [2.05, 4.69) is 34.2 Å². The Hall–Kier alpha value is -5.21. The summed E-state index contributed by atoms with van der Waals surface area (Å²) >= 11 is 0. The van der Waals surface area contributed by atoms with Gasteiger partial charge in [-0.2, -0.15) is 0 Å². The van der Waals surface area contributed by atoms with Gasteiger partial charge in [0.25, 0.3) is 5.91 Å². The zero-order chi connectivity index (χ0) is 35.5. The van der Waals surface area contributed by atoms with Gasteiger partial charge in [0.15, 0.2) is 11.2 Å². The lowest BCUT2D eigenvalue weighted by Crippen LogP contribution is -2.76. The van der Waals surface area contributed by atoms with Crippen molar-refractivity contribution in [1.29, 1.82) is 0 Å². The normalized spacial score (nSPS) is 21.2. The molecule has 0 aromatic carbocycles. The first-order valence-corrected chi connectivity index (χ1v) is 17.1. The number of nitrogens with one attached hydrogen (secondary N) is 2. The first-order valence-electron chi connectivity index (χ1n) is 17.1. The number of hydrogen-bond donors (Lipinski definition) is 2. The summed E-state index contributed by atoms with van der Waals surface area (Å²) in [7, 11) is 2.92. The number of hydrogen-bond acceptors (Lipinski definition) is 10. The fraction of sp³-hybridized carbons (Fsp3) is 0.514. The molecule has 15 heteroatoms. The highest BCUT2D eigenvalue weighted by Crippen LogP contribution is 2.70. The lowest BCUT2D eigenvalue weighted by molar-refractivity contribution is -0.187. The smallest absolute Gasteiger partial charge is 0.263 e. The monoisotopic (exact) mass is 685 g/mol. The molecule has 2 N–H and O–H groups in total. The number of anilines is 1. The van der Waals surface area contributed by atoms with E-state index in [1.807, 2.05) is 16.4 Å². The van der Waals surface area contributed by atoms with E-state index in [4.69, 9.17) is 14.6 Å². The van der Waals surface area contributed by atoms with E-state index >= 15 is 0 Å². The number of rotatable bonds is 10. The average molecular weight is 686 g/mol. The molecular formula is C35H43N9O6. The first-order chi connectivity index (χ1) is 23.9. The van der Waals surface area contributed by atoms with Crippen molar-refractivity contribution >= 4 is 28.7 Å². The van der Waals surface area contributed by atoms with E-state index in [1.54, 1.807) is 30.2 Å². The molecule has 15 nitrogen and oxygen atoms in total. The zero-order valence-electron chi connectivity index (χ0n) is 29.3. The van der Waals surface area contributed by atoms with Crippen LogP contribution in [0.1, 0.15) is 61.6 Å². The number of carbonyl (C=O) groups is 2. The molecule has 0 spiro atoms. The van der Waals surface area contributed by atoms with Crippen molar-refractivity contribution in [3.05, 3.63) is 61.8 Å². The molecule has 5 heterocycles. The van der Waals surface area contributed by atoms with Crippen LogP contribution in [0.5, 0.6) is 11.8 Å². The van der Waals surface area contributed by atoms with Gasteiger partial charge in [-0.25, -0.2) is 4.98 Å². The van der Waals surface area contributed by atoms with Crippen LogP contribution in [0.3, 0.4) is 0 Å². The largest absolute Gasteiger partial charge is 0.482 e. The van der Waals surface area contributed by atoms with Crippen molar-refractivity contribution in [3.63, 3.8) is 0 Å². The Labute approximate surface area is 288 Å². The van der Waals surface area contributed by atoms with E-state index in [0.717, 1.165) is 19.3 Å². The van der Waals surface area contributed by atoms with Crippen molar-refractivity contribution < 1.29 is 19.1 Å². The summed E-state index contributed by atoms with van der Waals surface area (Å²) in [5, 5.41) is 12.7. The van der Waals surface area contributed by atoms with Crippen molar-refractivity contribution in [2.24, 2.45) is 11.3 Å². The Bertz CT molecular complexity index is 2110. The third kappa shape index (κ3) is 5.30. The topological polar surface area (TPSA) is 170 Å². The predicted octanol–water partition coefficient (Wildman–Crippen LogP) is 2.21. The highest BCUT2D eigenvalue weighted by Gasteiger charge is 2.69. The number of aryl methyl sites for hydroxylation is 1. The molecule has 3 saturated carbocycles. The molecule has 4 aromatic rings. The quantitative estimate of drug-likeness (QED) is 0.252. The maximum absolute atomic E-state index is 14.4. The Morgan fingerprint density at radius 2 is 1.76 bits per heavy atom. The molecule has 4 aromatic heterocycles. The van der Waals surface area contributed by atoms with E-state index in [9.17, 15) is 19.2 Å². The van der Waals surface area contributed by atoms with Gasteiger partial charge in [0, 0.05) is 61.4 Å². The first kappa shape index (κ1) is 33.3. The van der Waals surface area contributed by atoms with Gasteiger partial charge in [-0.1, -0.05) is 20.8 Å². The molecule has 4 fully saturated rings. The molecule has 50 heavy (non-hydrogen) atoms. The molecule has 2 amide bonds. The van der Waals surface area contributed by atoms with Crippen LogP contribution < -0.4 is 30.5 Å². The van der Waals surface area contributed by atoms with Gasteiger partial charge in [0.1, 0.15) is 17.8 Å². The van der Waals surface area contributed by atoms with E-state index < -0.39 is 5.91 Å². The zero-order valence-corrected chi connectivity index (χ0v) is 29.3. The lowest BCUT2D eigenvalue weighted by atomic mass is 9.36. The standard InChI is InChI=1S/C35H43N9O6/c1-7-23-28(41-10-12-42(13-11-41)33(48)26-29(46)21(4)15-37-32(26)50-6)30(47)27-31(40-44(39-27)22-8-9-36-25(14-22)49-5)43(23)16-24(45)38-35-17-34(18-35,19-35)20(2)3/h8-9,14-15,20H,7,10-13,16-19H2,1-6H3,(H,37,46)(H,38,45). The summed E-state index contributed by atoms with van der Waals surface area (Å²) in [6.07, 6.45) is 6.48. The van der Waals surface area contributed by atoms with Gasteiger partial charge in [-0.3, -0.25) is 19.2 Å². The number of amides is 2. The minimum atomic E-state index is -0.435. The molecule has 0 unspecified atom stereocenters. The summed E-state index contributed by atoms with van der Waals surface area (Å²) in [6.45, 7) is 9.22. The Morgan fingerprint density at radius 1 is 1.04 bits per heavy atom. The van der Waals surface area contributed by atoms with Crippen LogP contribution in [0.2, 0.25) is 0 Å². The van der Waals surface area contributed by atoms with Gasteiger partial charge >= 0.3 is 0 Å². The maximum atomic E-state index is 14.4. The van der Waals surface area contributed by atoms with Crippen LogP contribution in [-0.2, 0) is 17.8 Å². The van der Waals surface area contributed by atoms with Crippen LogP contribution in [0.4, 0.5) is 5.69 Å². The summed E-state index contributed by atoms with van der Waals surface area (Å²) < 4.78 is 12.4. The van der Waals surface area contributed by atoms with Crippen LogP contribution in [0.25, 0.3) is 16.9 Å². The molecule has 1 saturated heterocycles. The highest BCUT2D eigenvalue weighted by atomic mass is 16.5. The number of piperazine rings is 1. The number of pyridine rings is 3. The van der Waals surface area contributed by atoms with Gasteiger partial charge in [-0.05, 0) is 50.0 Å². The van der Waals surface area contributed by atoms with Crippen molar-refractivity contribution in [2.45, 2.75) is 65.5 Å². The third-order valence-corrected chi connectivity index (χ3v) is 10.9. The van der Waals surface area contributed by atoms with E-state index in [-0.39, 0.29) is 58.9 Å². The number of aromatic nitrogens is 6. The number of nitrogens with zero attached hydrogens (tertiary/aromatic N) is 7. The number of carbonyl (C=O) groups excluding carboxylic acids is 2.